The van der Waals surface area contributed by atoms with Crippen LogP contribution < -0.4 is 0 Å². The summed E-state index contributed by atoms with van der Waals surface area (Å²) in [4.78, 5) is 0. The molecule has 0 amide bonds. The summed E-state index contributed by atoms with van der Waals surface area (Å²) in [6.07, 6.45) is 1.44. The van der Waals surface area contributed by atoms with Crippen LogP contribution in [0.25, 0.3) is 0 Å². The van der Waals surface area contributed by atoms with E-state index in [0.717, 1.165) is 12.0 Å². The zero-order chi connectivity index (χ0) is 8.10. The van der Waals surface area contributed by atoms with Crippen LogP contribution in [0.4, 0.5) is 4.39 Å². The van der Waals surface area contributed by atoms with Gasteiger partial charge in [-0.3, -0.25) is 0 Å². The van der Waals surface area contributed by atoms with E-state index < -0.39 is 0 Å². The summed E-state index contributed by atoms with van der Waals surface area (Å²) >= 11 is 0. The van der Waals surface area contributed by atoms with Crippen LogP contribution in [0.2, 0.25) is 0 Å². The largest absolute Gasteiger partial charge is 0.396 e. The Morgan fingerprint density at radius 3 is 2.82 bits per heavy atom. The van der Waals surface area contributed by atoms with Gasteiger partial charge in [-0.05, 0) is 30.5 Å². The highest BCUT2D eigenvalue weighted by Gasteiger charge is 1.93. The molecule has 1 aromatic rings. The van der Waals surface area contributed by atoms with Gasteiger partial charge in [0.15, 0.2) is 0 Å². The molecule has 0 fully saturated rings. The number of benzene rings is 1. The first kappa shape index (κ1) is 8.21. The van der Waals surface area contributed by atoms with Gasteiger partial charge in [0.05, 0.1) is 0 Å². The second kappa shape index (κ2) is 4.09. The number of aliphatic hydroxyl groups excluding tert-OH is 1. The summed E-state index contributed by atoms with van der Waals surface area (Å²) in [5, 5.41) is 8.50. The first-order valence-corrected chi connectivity index (χ1v) is 3.68. The van der Waals surface area contributed by atoms with Crippen LogP contribution in [0.15, 0.2) is 24.3 Å². The number of aryl methyl sites for hydroxylation is 1. The van der Waals surface area contributed by atoms with Crippen molar-refractivity contribution in [3.05, 3.63) is 35.6 Å². The van der Waals surface area contributed by atoms with E-state index in [1.165, 1.54) is 12.1 Å². The van der Waals surface area contributed by atoms with Crippen molar-refractivity contribution in [3.8, 4) is 0 Å². The summed E-state index contributed by atoms with van der Waals surface area (Å²) in [6, 6.07) is 6.46. The molecule has 0 spiro atoms. The van der Waals surface area contributed by atoms with Gasteiger partial charge in [0.2, 0.25) is 0 Å². The lowest BCUT2D eigenvalue weighted by molar-refractivity contribution is 0.288. The minimum atomic E-state index is -0.208. The maximum atomic E-state index is 12.5. The second-order valence-corrected chi connectivity index (χ2v) is 2.46. The summed E-state index contributed by atoms with van der Waals surface area (Å²) in [5.74, 6) is -0.208. The van der Waals surface area contributed by atoms with Crippen LogP contribution in [0.3, 0.4) is 0 Å². The van der Waals surface area contributed by atoms with Gasteiger partial charge in [0.25, 0.3) is 0 Å². The summed E-state index contributed by atoms with van der Waals surface area (Å²) in [5.41, 5.74) is 0.944. The van der Waals surface area contributed by atoms with Gasteiger partial charge >= 0.3 is 0 Å². The molecule has 2 heteroatoms. The maximum Gasteiger partial charge on any atom is 0.123 e. The molecule has 0 aliphatic rings. The first-order chi connectivity index (χ1) is 5.33. The second-order valence-electron chi connectivity index (χ2n) is 2.46. The van der Waals surface area contributed by atoms with Gasteiger partial charge in [0.1, 0.15) is 5.82 Å². The molecule has 0 aliphatic heterocycles. The van der Waals surface area contributed by atoms with Crippen LogP contribution in [0.5, 0.6) is 0 Å². The molecule has 0 saturated carbocycles. The minimum Gasteiger partial charge on any atom is -0.396 e. The Morgan fingerprint density at radius 1 is 1.36 bits per heavy atom. The van der Waals surface area contributed by atoms with E-state index >= 15 is 0 Å². The monoisotopic (exact) mass is 154 g/mol. The SMILES string of the molecule is OCCCc1cccc(F)c1. The Kier molecular flexibility index (Phi) is 3.05. The molecule has 0 radical (unpaired) electrons. The Balaban J connectivity index is 2.56. The maximum absolute atomic E-state index is 12.5. The molecule has 0 bridgehead atoms. The van der Waals surface area contributed by atoms with Crippen LogP contribution >= 0.6 is 0 Å². The summed E-state index contributed by atoms with van der Waals surface area (Å²) < 4.78 is 12.5. The molecule has 0 saturated heterocycles. The highest BCUT2D eigenvalue weighted by molar-refractivity contribution is 5.16. The first-order valence-electron chi connectivity index (χ1n) is 3.68. The average molecular weight is 154 g/mol. The smallest absolute Gasteiger partial charge is 0.123 e. The fraction of sp³-hybridized carbons (Fsp3) is 0.333. The summed E-state index contributed by atoms with van der Waals surface area (Å²) in [6.45, 7) is 0.163. The van der Waals surface area contributed by atoms with Crippen molar-refractivity contribution >= 4 is 0 Å². The fourth-order valence-electron chi connectivity index (χ4n) is 0.976. The minimum absolute atomic E-state index is 0.163. The molecule has 1 rings (SSSR count). The molecule has 60 valence electrons. The van der Waals surface area contributed by atoms with Crippen molar-refractivity contribution < 1.29 is 9.50 Å². The standard InChI is InChI=1S/C9H11FO/c10-9-5-1-3-8(7-9)4-2-6-11/h1,3,5,7,11H,2,4,6H2. The van der Waals surface area contributed by atoms with E-state index in [1.54, 1.807) is 6.07 Å². The Morgan fingerprint density at radius 2 is 2.18 bits per heavy atom. The van der Waals surface area contributed by atoms with E-state index in [1.807, 2.05) is 6.07 Å². The van der Waals surface area contributed by atoms with Crippen molar-refractivity contribution in [1.82, 2.24) is 0 Å². The predicted octanol–water partition coefficient (Wildman–Crippen LogP) is 1.75. The van der Waals surface area contributed by atoms with Gasteiger partial charge in [-0.25, -0.2) is 4.39 Å². The average Bonchev–Trinajstić information content (AvgIpc) is 2.01. The Labute approximate surface area is 65.5 Å². The lowest BCUT2D eigenvalue weighted by Crippen LogP contribution is -1.89. The number of hydrogen-bond acceptors (Lipinski definition) is 1. The van der Waals surface area contributed by atoms with Crippen molar-refractivity contribution in [2.24, 2.45) is 0 Å². The number of aliphatic hydroxyl groups is 1. The molecule has 0 aliphatic carbocycles. The number of rotatable bonds is 3. The molecular formula is C9H11FO. The topological polar surface area (TPSA) is 20.2 Å². The molecule has 0 atom stereocenters. The van der Waals surface area contributed by atoms with Gasteiger partial charge in [0, 0.05) is 6.61 Å². The third-order valence-electron chi connectivity index (χ3n) is 1.51. The summed E-state index contributed by atoms with van der Waals surface area (Å²) in [7, 11) is 0. The molecule has 0 aromatic heterocycles. The predicted molar refractivity (Wildman–Crippen MR) is 41.8 cm³/mol. The fourth-order valence-corrected chi connectivity index (χ4v) is 0.976. The van der Waals surface area contributed by atoms with E-state index in [2.05, 4.69) is 0 Å². The molecule has 1 nitrogen and oxygen atoms in total. The van der Waals surface area contributed by atoms with Crippen LogP contribution in [-0.4, -0.2) is 11.7 Å². The van der Waals surface area contributed by atoms with Crippen molar-refractivity contribution in [3.63, 3.8) is 0 Å². The van der Waals surface area contributed by atoms with Gasteiger partial charge < -0.3 is 5.11 Å². The van der Waals surface area contributed by atoms with Crippen molar-refractivity contribution in [2.75, 3.05) is 6.61 Å². The molecule has 1 aromatic carbocycles. The van der Waals surface area contributed by atoms with Crippen LogP contribution in [0.1, 0.15) is 12.0 Å². The van der Waals surface area contributed by atoms with Crippen LogP contribution in [-0.2, 0) is 6.42 Å². The van der Waals surface area contributed by atoms with Gasteiger partial charge in [-0.1, -0.05) is 12.1 Å². The zero-order valence-electron chi connectivity index (χ0n) is 6.26. The van der Waals surface area contributed by atoms with E-state index in [0.29, 0.717) is 6.42 Å². The molecular weight excluding hydrogens is 143 g/mol. The van der Waals surface area contributed by atoms with Crippen molar-refractivity contribution in [2.45, 2.75) is 12.8 Å². The quantitative estimate of drug-likeness (QED) is 0.703. The lowest BCUT2D eigenvalue weighted by Gasteiger charge is -1.97. The van der Waals surface area contributed by atoms with E-state index in [4.69, 9.17) is 5.11 Å². The van der Waals surface area contributed by atoms with Crippen molar-refractivity contribution in [1.29, 1.82) is 0 Å². The lowest BCUT2D eigenvalue weighted by atomic mass is 10.1. The van der Waals surface area contributed by atoms with E-state index in [9.17, 15) is 4.39 Å². The Bertz CT molecular complexity index is 223. The molecule has 1 N–H and O–H groups in total. The van der Waals surface area contributed by atoms with Crippen LogP contribution in [0, 0.1) is 5.82 Å². The third-order valence-corrected chi connectivity index (χ3v) is 1.51. The number of hydrogen-bond donors (Lipinski definition) is 1. The zero-order valence-corrected chi connectivity index (χ0v) is 6.26. The molecule has 0 unspecified atom stereocenters. The van der Waals surface area contributed by atoms with Gasteiger partial charge in [-0.2, -0.15) is 0 Å². The third kappa shape index (κ3) is 2.68. The molecule has 0 heterocycles. The van der Waals surface area contributed by atoms with E-state index in [-0.39, 0.29) is 12.4 Å². The highest BCUT2D eigenvalue weighted by atomic mass is 19.1. The normalized spacial score (nSPS) is 10.0. The highest BCUT2D eigenvalue weighted by Crippen LogP contribution is 2.05. The molecule has 11 heavy (non-hydrogen) atoms. The Hall–Kier alpha value is -0.890. The number of halogens is 1. The van der Waals surface area contributed by atoms with Gasteiger partial charge in [-0.15, -0.1) is 0 Å².